The van der Waals surface area contributed by atoms with E-state index in [1.807, 2.05) is 0 Å². The minimum atomic E-state index is -0.431. The molecule has 0 fully saturated rings. The van der Waals surface area contributed by atoms with E-state index in [2.05, 4.69) is 5.32 Å². The van der Waals surface area contributed by atoms with Crippen molar-refractivity contribution < 1.29 is 9.21 Å². The number of amides is 1. The Labute approximate surface area is 159 Å². The van der Waals surface area contributed by atoms with E-state index in [1.165, 1.54) is 0 Å². The molecule has 4 nitrogen and oxygen atoms in total. The molecule has 0 spiro atoms. The van der Waals surface area contributed by atoms with Crippen LogP contribution in [0.2, 0.25) is 15.1 Å². The van der Waals surface area contributed by atoms with Gasteiger partial charge >= 0.3 is 0 Å². The first-order valence-corrected chi connectivity index (χ1v) is 8.41. The van der Waals surface area contributed by atoms with Crippen LogP contribution in [0.3, 0.4) is 0 Å². The Morgan fingerprint density at radius 2 is 1.84 bits per heavy atom. The van der Waals surface area contributed by atoms with Gasteiger partial charge in [0.05, 0.1) is 20.8 Å². The number of hydrogen-bond acceptors (Lipinski definition) is 3. The largest absolute Gasteiger partial charge is 0.451 e. The maximum Gasteiger partial charge on any atom is 0.291 e. The first-order chi connectivity index (χ1) is 11.9. The van der Waals surface area contributed by atoms with Gasteiger partial charge in [-0.2, -0.15) is 0 Å². The van der Waals surface area contributed by atoms with Gasteiger partial charge in [-0.1, -0.05) is 40.9 Å². The van der Waals surface area contributed by atoms with Gasteiger partial charge in [0.1, 0.15) is 5.76 Å². The summed E-state index contributed by atoms with van der Waals surface area (Å²) in [6.45, 7) is 1.80. The number of nitrogen functional groups attached to an aromatic ring is 1. The van der Waals surface area contributed by atoms with E-state index in [4.69, 9.17) is 45.0 Å². The Balaban J connectivity index is 1.88. The van der Waals surface area contributed by atoms with Crippen molar-refractivity contribution in [3.63, 3.8) is 0 Å². The lowest BCUT2D eigenvalue weighted by Gasteiger charge is -2.10. The lowest BCUT2D eigenvalue weighted by atomic mass is 10.1. The fraction of sp³-hybridized carbons (Fsp3) is 0.0556. The summed E-state index contributed by atoms with van der Waals surface area (Å²) in [6, 6.07) is 11.7. The van der Waals surface area contributed by atoms with Crippen molar-refractivity contribution in [2.45, 2.75) is 6.92 Å². The Bertz CT molecular complexity index is 944. The second-order valence-corrected chi connectivity index (χ2v) is 6.61. The minimum absolute atomic E-state index is 0.123. The number of carbonyl (C=O) groups is 1. The molecule has 1 heterocycles. The van der Waals surface area contributed by atoms with Gasteiger partial charge in [0.15, 0.2) is 5.76 Å². The molecule has 0 atom stereocenters. The predicted octanol–water partition coefficient (Wildman–Crippen LogP) is 6.05. The van der Waals surface area contributed by atoms with E-state index < -0.39 is 5.91 Å². The summed E-state index contributed by atoms with van der Waals surface area (Å²) >= 11 is 18.3. The van der Waals surface area contributed by atoms with Gasteiger partial charge in [0.25, 0.3) is 5.91 Å². The molecule has 0 unspecified atom stereocenters. The quantitative estimate of drug-likeness (QED) is 0.530. The van der Waals surface area contributed by atoms with E-state index in [0.29, 0.717) is 37.8 Å². The average molecular weight is 396 g/mol. The Kier molecular flexibility index (Phi) is 4.95. The van der Waals surface area contributed by atoms with Gasteiger partial charge in [0, 0.05) is 11.3 Å². The lowest BCUT2D eigenvalue weighted by molar-refractivity contribution is 0.0997. The smallest absolute Gasteiger partial charge is 0.291 e. The number of halogens is 3. The highest BCUT2D eigenvalue weighted by Gasteiger charge is 2.17. The van der Waals surface area contributed by atoms with Gasteiger partial charge in [0.2, 0.25) is 0 Å². The summed E-state index contributed by atoms with van der Waals surface area (Å²) in [7, 11) is 0. The van der Waals surface area contributed by atoms with Gasteiger partial charge in [-0.05, 0) is 48.9 Å². The van der Waals surface area contributed by atoms with Gasteiger partial charge in [-0.15, -0.1) is 0 Å². The molecular weight excluding hydrogens is 383 g/mol. The molecule has 0 radical (unpaired) electrons. The van der Waals surface area contributed by atoms with Crippen LogP contribution in [0.5, 0.6) is 0 Å². The van der Waals surface area contributed by atoms with Gasteiger partial charge < -0.3 is 15.5 Å². The monoisotopic (exact) mass is 394 g/mol. The highest BCUT2D eigenvalue weighted by Crippen LogP contribution is 2.35. The Hall–Kier alpha value is -2.14. The van der Waals surface area contributed by atoms with Crippen molar-refractivity contribution in [3.8, 4) is 11.3 Å². The van der Waals surface area contributed by atoms with Crippen molar-refractivity contribution in [2.24, 2.45) is 0 Å². The van der Waals surface area contributed by atoms with Crippen LogP contribution in [-0.2, 0) is 0 Å². The van der Waals surface area contributed by atoms with Crippen molar-refractivity contribution >= 4 is 52.1 Å². The third-order valence-corrected chi connectivity index (χ3v) is 4.71. The Morgan fingerprint density at radius 1 is 1.08 bits per heavy atom. The zero-order valence-electron chi connectivity index (χ0n) is 13.1. The maximum atomic E-state index is 12.4. The molecule has 0 bridgehead atoms. The molecule has 0 saturated heterocycles. The summed E-state index contributed by atoms with van der Waals surface area (Å²) in [5, 5.41) is 3.86. The standard InChI is InChI=1S/C18H13Cl3N2O2/c1-9-7-10(22)8-13(20)17(9)23-18(24)15-6-5-14(25-15)11-3-2-4-12(19)16(11)21/h2-8H,22H2,1H3,(H,23,24). The SMILES string of the molecule is Cc1cc(N)cc(Cl)c1NC(=O)c1ccc(-c2cccc(Cl)c2Cl)o1. The molecular formula is C18H13Cl3N2O2. The van der Waals surface area contributed by atoms with Crippen molar-refractivity contribution in [1.29, 1.82) is 0 Å². The lowest BCUT2D eigenvalue weighted by Crippen LogP contribution is -2.12. The van der Waals surface area contributed by atoms with Crippen LogP contribution in [0.25, 0.3) is 11.3 Å². The molecule has 7 heteroatoms. The van der Waals surface area contributed by atoms with E-state index in [9.17, 15) is 4.79 Å². The molecule has 0 aliphatic heterocycles. The highest BCUT2D eigenvalue weighted by atomic mass is 35.5. The molecule has 0 saturated carbocycles. The Morgan fingerprint density at radius 3 is 2.56 bits per heavy atom. The van der Waals surface area contributed by atoms with E-state index in [0.717, 1.165) is 5.56 Å². The highest BCUT2D eigenvalue weighted by molar-refractivity contribution is 6.43. The van der Waals surface area contributed by atoms with Crippen LogP contribution in [0.15, 0.2) is 46.9 Å². The average Bonchev–Trinajstić information content (AvgIpc) is 3.03. The number of furan rings is 1. The summed E-state index contributed by atoms with van der Waals surface area (Å²) in [5.41, 5.74) is 8.09. The van der Waals surface area contributed by atoms with E-state index >= 15 is 0 Å². The molecule has 25 heavy (non-hydrogen) atoms. The predicted molar refractivity (Wildman–Crippen MR) is 103 cm³/mol. The number of nitrogens with one attached hydrogen (secondary N) is 1. The van der Waals surface area contributed by atoms with Crippen molar-refractivity contribution in [2.75, 3.05) is 11.1 Å². The summed E-state index contributed by atoms with van der Waals surface area (Å²) in [5.74, 6) is 0.135. The zero-order chi connectivity index (χ0) is 18.1. The zero-order valence-corrected chi connectivity index (χ0v) is 15.3. The number of anilines is 2. The third-order valence-electron chi connectivity index (χ3n) is 3.60. The number of benzene rings is 2. The fourth-order valence-electron chi connectivity index (χ4n) is 2.40. The van der Waals surface area contributed by atoms with Crippen molar-refractivity contribution in [1.82, 2.24) is 0 Å². The third kappa shape index (κ3) is 3.61. The van der Waals surface area contributed by atoms with Crippen LogP contribution in [-0.4, -0.2) is 5.91 Å². The molecule has 128 valence electrons. The van der Waals surface area contributed by atoms with E-state index in [1.54, 1.807) is 49.4 Å². The molecule has 2 aromatic carbocycles. The van der Waals surface area contributed by atoms with Crippen molar-refractivity contribution in [3.05, 3.63) is 68.9 Å². The number of nitrogens with two attached hydrogens (primary N) is 1. The number of rotatable bonds is 3. The molecule has 3 N–H and O–H groups in total. The molecule has 1 aromatic heterocycles. The fourth-order valence-corrected chi connectivity index (χ4v) is 3.12. The second kappa shape index (κ2) is 7.00. The molecule has 0 aliphatic carbocycles. The van der Waals surface area contributed by atoms with Crippen LogP contribution in [0.1, 0.15) is 16.1 Å². The second-order valence-electron chi connectivity index (χ2n) is 5.41. The number of carbonyl (C=O) groups excluding carboxylic acids is 1. The van der Waals surface area contributed by atoms with Gasteiger partial charge in [-0.25, -0.2) is 0 Å². The van der Waals surface area contributed by atoms with Crippen LogP contribution < -0.4 is 11.1 Å². The van der Waals surface area contributed by atoms with Crippen LogP contribution in [0.4, 0.5) is 11.4 Å². The normalized spacial score (nSPS) is 10.7. The number of aryl methyl sites for hydroxylation is 1. The molecule has 1 amide bonds. The van der Waals surface area contributed by atoms with Crippen LogP contribution >= 0.6 is 34.8 Å². The first-order valence-electron chi connectivity index (χ1n) is 7.28. The molecule has 3 rings (SSSR count). The first kappa shape index (κ1) is 17.7. The number of hydrogen-bond donors (Lipinski definition) is 2. The molecule has 0 aliphatic rings. The summed E-state index contributed by atoms with van der Waals surface area (Å²) in [4.78, 5) is 12.4. The topological polar surface area (TPSA) is 68.3 Å². The minimum Gasteiger partial charge on any atom is -0.451 e. The van der Waals surface area contributed by atoms with E-state index in [-0.39, 0.29) is 5.76 Å². The summed E-state index contributed by atoms with van der Waals surface area (Å²) < 4.78 is 5.62. The maximum absolute atomic E-state index is 12.4. The molecule has 3 aromatic rings. The van der Waals surface area contributed by atoms with Gasteiger partial charge in [-0.3, -0.25) is 4.79 Å². The van der Waals surface area contributed by atoms with Crippen LogP contribution in [0, 0.1) is 6.92 Å². The summed E-state index contributed by atoms with van der Waals surface area (Å²) in [6.07, 6.45) is 0.